The molecule has 0 spiro atoms. The average Bonchev–Trinajstić information content (AvgIpc) is 2.54. The third-order valence-corrected chi connectivity index (χ3v) is 5.11. The number of aliphatic hydroxyl groups excluding tert-OH is 1. The van der Waals surface area contributed by atoms with Crippen molar-refractivity contribution in [3.8, 4) is 0 Å². The minimum absolute atomic E-state index is 0.0470. The van der Waals surface area contributed by atoms with Gasteiger partial charge in [-0.1, -0.05) is 48.5 Å². The first-order chi connectivity index (χ1) is 11.0. The molecule has 3 aromatic rings. The highest BCUT2D eigenvalue weighted by atomic mass is 16.3. The molecule has 23 heavy (non-hydrogen) atoms. The summed E-state index contributed by atoms with van der Waals surface area (Å²) in [6.07, 6.45) is -0.438. The van der Waals surface area contributed by atoms with Gasteiger partial charge in [-0.3, -0.25) is 4.90 Å². The third-order valence-electron chi connectivity index (χ3n) is 5.11. The van der Waals surface area contributed by atoms with Crippen LogP contribution in [0, 0.1) is 0 Å². The van der Waals surface area contributed by atoms with Crippen LogP contribution < -0.4 is 0 Å². The van der Waals surface area contributed by atoms with Crippen molar-refractivity contribution >= 4 is 21.5 Å². The fourth-order valence-electron chi connectivity index (χ4n) is 3.86. The summed E-state index contributed by atoms with van der Waals surface area (Å²) < 4.78 is 0. The lowest BCUT2D eigenvalue weighted by atomic mass is 9.85. The van der Waals surface area contributed by atoms with Crippen LogP contribution in [0.5, 0.6) is 0 Å². The second kappa shape index (κ2) is 5.05. The molecule has 0 bridgehead atoms. The van der Waals surface area contributed by atoms with E-state index >= 15 is 0 Å². The Morgan fingerprint density at radius 3 is 2.00 bits per heavy atom. The molecule has 1 aliphatic heterocycles. The van der Waals surface area contributed by atoms with E-state index in [9.17, 15) is 5.11 Å². The van der Waals surface area contributed by atoms with E-state index in [-0.39, 0.29) is 5.54 Å². The summed E-state index contributed by atoms with van der Waals surface area (Å²) in [6, 6.07) is 17.1. The van der Waals surface area contributed by atoms with Crippen molar-refractivity contribution in [1.82, 2.24) is 4.90 Å². The van der Waals surface area contributed by atoms with Crippen LogP contribution in [0.2, 0.25) is 0 Å². The van der Waals surface area contributed by atoms with E-state index in [1.807, 2.05) is 0 Å². The van der Waals surface area contributed by atoms with Gasteiger partial charge < -0.3 is 5.11 Å². The molecular weight excluding hydrogens is 282 g/mol. The maximum Gasteiger partial charge on any atom is 0.0926 e. The molecule has 1 aliphatic rings. The van der Waals surface area contributed by atoms with Crippen LogP contribution in [-0.4, -0.2) is 22.1 Å². The molecule has 0 aromatic heterocycles. The molecule has 118 valence electrons. The fourth-order valence-corrected chi connectivity index (χ4v) is 3.86. The molecule has 3 aromatic carbocycles. The average molecular weight is 305 g/mol. The maximum absolute atomic E-state index is 10.9. The van der Waals surface area contributed by atoms with E-state index in [2.05, 4.69) is 74.2 Å². The molecule has 0 fully saturated rings. The number of hydrogen-bond acceptors (Lipinski definition) is 2. The number of β-amino-alcohol motifs (C(OH)–C–C–N with tert-alkyl or cyclic N) is 1. The van der Waals surface area contributed by atoms with E-state index in [1.54, 1.807) is 0 Å². The van der Waals surface area contributed by atoms with Crippen molar-refractivity contribution in [2.75, 3.05) is 6.54 Å². The van der Waals surface area contributed by atoms with Gasteiger partial charge >= 0.3 is 0 Å². The van der Waals surface area contributed by atoms with Gasteiger partial charge in [-0.2, -0.15) is 0 Å². The van der Waals surface area contributed by atoms with Crippen LogP contribution in [0.1, 0.15) is 38.0 Å². The zero-order valence-electron chi connectivity index (χ0n) is 14.0. The lowest BCUT2D eigenvalue weighted by Crippen LogP contribution is -2.45. The molecule has 0 radical (unpaired) electrons. The van der Waals surface area contributed by atoms with Crippen molar-refractivity contribution in [2.45, 2.75) is 39.0 Å². The molecule has 0 aliphatic carbocycles. The Hall–Kier alpha value is -1.90. The Morgan fingerprint density at radius 2 is 1.39 bits per heavy atom. The Kier molecular flexibility index (Phi) is 3.22. The minimum Gasteiger partial charge on any atom is -0.387 e. The summed E-state index contributed by atoms with van der Waals surface area (Å²) in [5.41, 5.74) is 2.46. The van der Waals surface area contributed by atoms with Gasteiger partial charge in [0.25, 0.3) is 0 Å². The number of aliphatic hydroxyl groups is 1. The first kappa shape index (κ1) is 14.7. The number of rotatable bonds is 0. The van der Waals surface area contributed by atoms with E-state index in [0.29, 0.717) is 6.54 Å². The van der Waals surface area contributed by atoms with Crippen LogP contribution in [-0.2, 0) is 6.54 Å². The molecule has 2 nitrogen and oxygen atoms in total. The highest BCUT2D eigenvalue weighted by Crippen LogP contribution is 2.40. The molecule has 0 saturated heterocycles. The lowest BCUT2D eigenvalue weighted by Gasteiger charge is -2.42. The smallest absolute Gasteiger partial charge is 0.0926 e. The standard InChI is InChI=1S/C21H23NO/c1-21(2,3)22-12-18-16-10-5-4-8-14(16)15-9-6-7-11-17(15)20(18)19(23)13-22/h4-11,19,23H,12-13H2,1-3H3. The topological polar surface area (TPSA) is 23.5 Å². The van der Waals surface area contributed by atoms with Crippen LogP contribution in [0.3, 0.4) is 0 Å². The first-order valence-electron chi connectivity index (χ1n) is 8.32. The van der Waals surface area contributed by atoms with Crippen LogP contribution in [0.25, 0.3) is 21.5 Å². The Labute approximate surface area is 137 Å². The van der Waals surface area contributed by atoms with Crippen molar-refractivity contribution in [3.63, 3.8) is 0 Å². The Bertz CT molecular complexity index is 891. The van der Waals surface area contributed by atoms with E-state index in [0.717, 1.165) is 12.1 Å². The minimum atomic E-state index is -0.438. The summed E-state index contributed by atoms with van der Waals surface area (Å²) >= 11 is 0. The zero-order chi connectivity index (χ0) is 16.2. The van der Waals surface area contributed by atoms with E-state index in [4.69, 9.17) is 0 Å². The SMILES string of the molecule is CC(C)(C)N1Cc2c(c3ccccc3c3ccccc23)C(O)C1. The Morgan fingerprint density at radius 1 is 0.870 bits per heavy atom. The van der Waals surface area contributed by atoms with E-state index in [1.165, 1.54) is 27.1 Å². The molecule has 0 amide bonds. The third kappa shape index (κ3) is 2.25. The summed E-state index contributed by atoms with van der Waals surface area (Å²) in [6.45, 7) is 8.23. The van der Waals surface area contributed by atoms with Gasteiger partial charge in [-0.05, 0) is 53.4 Å². The predicted octanol–water partition coefficient (Wildman–Crippen LogP) is 4.64. The highest BCUT2D eigenvalue weighted by Gasteiger charge is 2.32. The molecule has 2 heteroatoms. The largest absolute Gasteiger partial charge is 0.387 e. The normalized spacial score (nSPS) is 19.2. The molecule has 0 saturated carbocycles. The summed E-state index contributed by atoms with van der Waals surface area (Å²) in [5.74, 6) is 0. The molecular formula is C21H23NO. The summed E-state index contributed by atoms with van der Waals surface area (Å²) in [5, 5.41) is 15.9. The number of fused-ring (bicyclic) bond motifs is 6. The van der Waals surface area contributed by atoms with Gasteiger partial charge in [-0.15, -0.1) is 0 Å². The fraction of sp³-hybridized carbons (Fsp3) is 0.333. The van der Waals surface area contributed by atoms with Gasteiger partial charge in [0.2, 0.25) is 0 Å². The molecule has 4 rings (SSSR count). The van der Waals surface area contributed by atoms with Crippen LogP contribution in [0.15, 0.2) is 48.5 Å². The second-order valence-corrected chi connectivity index (χ2v) is 7.55. The van der Waals surface area contributed by atoms with Gasteiger partial charge in [0.1, 0.15) is 0 Å². The highest BCUT2D eigenvalue weighted by molar-refractivity contribution is 6.11. The van der Waals surface area contributed by atoms with E-state index < -0.39 is 6.10 Å². The second-order valence-electron chi connectivity index (χ2n) is 7.55. The number of hydrogen-bond donors (Lipinski definition) is 1. The Balaban J connectivity index is 2.08. The van der Waals surface area contributed by atoms with Crippen molar-refractivity contribution < 1.29 is 5.11 Å². The van der Waals surface area contributed by atoms with Crippen molar-refractivity contribution in [2.24, 2.45) is 0 Å². The summed E-state index contributed by atoms with van der Waals surface area (Å²) in [4.78, 5) is 2.38. The quantitative estimate of drug-likeness (QED) is 0.612. The summed E-state index contributed by atoms with van der Waals surface area (Å²) in [7, 11) is 0. The maximum atomic E-state index is 10.9. The predicted molar refractivity (Wildman–Crippen MR) is 96.6 cm³/mol. The van der Waals surface area contributed by atoms with Gasteiger partial charge in [-0.25, -0.2) is 0 Å². The molecule has 1 unspecified atom stereocenters. The van der Waals surface area contributed by atoms with Crippen LogP contribution in [0.4, 0.5) is 0 Å². The zero-order valence-corrected chi connectivity index (χ0v) is 14.0. The monoisotopic (exact) mass is 305 g/mol. The van der Waals surface area contributed by atoms with Gasteiger partial charge in [0.05, 0.1) is 6.10 Å². The molecule has 1 heterocycles. The lowest BCUT2D eigenvalue weighted by molar-refractivity contribution is 0.0390. The molecule has 1 atom stereocenters. The van der Waals surface area contributed by atoms with Crippen LogP contribution >= 0.6 is 0 Å². The first-order valence-corrected chi connectivity index (χ1v) is 8.32. The number of nitrogens with zero attached hydrogens (tertiary/aromatic N) is 1. The number of benzene rings is 3. The van der Waals surface area contributed by atoms with Crippen molar-refractivity contribution in [3.05, 3.63) is 59.7 Å². The molecule has 1 N–H and O–H groups in total. The van der Waals surface area contributed by atoms with Crippen molar-refractivity contribution in [1.29, 1.82) is 0 Å². The van der Waals surface area contributed by atoms with Gasteiger partial charge in [0.15, 0.2) is 0 Å². The van der Waals surface area contributed by atoms with Gasteiger partial charge in [0, 0.05) is 18.6 Å².